The Bertz CT molecular complexity index is 910. The van der Waals surface area contributed by atoms with E-state index in [-0.39, 0.29) is 0 Å². The summed E-state index contributed by atoms with van der Waals surface area (Å²) in [4.78, 5) is 6.47. The molecule has 0 saturated heterocycles. The lowest BCUT2D eigenvalue weighted by atomic mass is 10.1. The first-order chi connectivity index (χ1) is 13.1. The molecule has 0 aliphatic carbocycles. The average Bonchev–Trinajstić information content (AvgIpc) is 2.99. The van der Waals surface area contributed by atoms with Crippen LogP contribution < -0.4 is 10.6 Å². The van der Waals surface area contributed by atoms with Crippen LogP contribution in [0.4, 0.5) is 0 Å². The molecule has 0 radical (unpaired) electrons. The summed E-state index contributed by atoms with van der Waals surface area (Å²) in [5, 5.41) is 7.85. The van der Waals surface area contributed by atoms with Gasteiger partial charge in [0, 0.05) is 31.1 Å². The van der Waals surface area contributed by atoms with Gasteiger partial charge in [-0.05, 0) is 38.2 Å². The largest absolute Gasteiger partial charge is 0.459 e. The molecule has 1 aromatic heterocycles. The minimum atomic E-state index is 0.599. The first kappa shape index (κ1) is 19.0. The topological polar surface area (TPSA) is 52.8 Å². The van der Waals surface area contributed by atoms with Gasteiger partial charge in [-0.25, -0.2) is 0 Å². The van der Waals surface area contributed by atoms with Crippen molar-refractivity contribution >= 4 is 16.9 Å². The monoisotopic (exact) mass is 364 g/mol. The number of nitrogens with one attached hydrogen (secondary N) is 2. The molecule has 3 rings (SSSR count). The van der Waals surface area contributed by atoms with Crippen molar-refractivity contribution in [3.05, 3.63) is 71.0 Å². The predicted octanol–water partition coefficient (Wildman–Crippen LogP) is 3.67. The van der Waals surface area contributed by atoms with E-state index in [0.29, 0.717) is 6.54 Å². The number of fused-ring (bicyclic) bond motifs is 1. The maximum atomic E-state index is 5.95. The van der Waals surface area contributed by atoms with Crippen molar-refractivity contribution in [1.29, 1.82) is 0 Å². The Labute approximate surface area is 161 Å². The lowest BCUT2D eigenvalue weighted by molar-refractivity contribution is 0.402. The van der Waals surface area contributed by atoms with Crippen molar-refractivity contribution in [2.75, 3.05) is 21.1 Å². The number of guanidine groups is 1. The maximum Gasteiger partial charge on any atom is 0.191 e. The van der Waals surface area contributed by atoms with E-state index in [4.69, 9.17) is 4.42 Å². The van der Waals surface area contributed by atoms with Gasteiger partial charge in [0.15, 0.2) is 5.96 Å². The number of para-hydroxylation sites is 1. The van der Waals surface area contributed by atoms with Gasteiger partial charge in [0.05, 0.1) is 6.54 Å². The van der Waals surface area contributed by atoms with Gasteiger partial charge in [-0.3, -0.25) is 4.99 Å². The van der Waals surface area contributed by atoms with Crippen molar-refractivity contribution in [3.63, 3.8) is 0 Å². The van der Waals surface area contributed by atoms with Crippen LogP contribution in [0, 0.1) is 6.92 Å². The molecule has 0 unspecified atom stereocenters. The summed E-state index contributed by atoms with van der Waals surface area (Å²) in [6, 6.07) is 16.8. The number of furan rings is 1. The summed E-state index contributed by atoms with van der Waals surface area (Å²) in [6.07, 6.45) is 0. The molecule has 0 saturated carbocycles. The number of nitrogens with zero attached hydrogens (tertiary/aromatic N) is 2. The minimum absolute atomic E-state index is 0.599. The molecule has 3 aromatic rings. The van der Waals surface area contributed by atoms with Gasteiger partial charge < -0.3 is 20.0 Å². The van der Waals surface area contributed by atoms with Crippen LogP contribution in [0.5, 0.6) is 0 Å². The molecular weight excluding hydrogens is 336 g/mol. The fourth-order valence-corrected chi connectivity index (χ4v) is 3.09. The van der Waals surface area contributed by atoms with E-state index in [2.05, 4.69) is 71.9 Å². The summed E-state index contributed by atoms with van der Waals surface area (Å²) in [5.74, 6) is 1.69. The lowest BCUT2D eigenvalue weighted by Gasteiger charge is -2.13. The van der Waals surface area contributed by atoms with Crippen LogP contribution in [0.25, 0.3) is 11.0 Å². The highest BCUT2D eigenvalue weighted by Crippen LogP contribution is 2.24. The van der Waals surface area contributed by atoms with E-state index in [0.717, 1.165) is 35.8 Å². The first-order valence-electron chi connectivity index (χ1n) is 9.21. The highest BCUT2D eigenvalue weighted by atomic mass is 16.3. The SMILES string of the molecule is CN=C(NCc1ccc(CN(C)C)cc1)NCc1oc2ccccc2c1C. The number of hydrogen-bond acceptors (Lipinski definition) is 3. The third-order valence-corrected chi connectivity index (χ3v) is 4.56. The second kappa shape index (κ2) is 8.73. The summed E-state index contributed by atoms with van der Waals surface area (Å²) >= 11 is 0. The summed E-state index contributed by atoms with van der Waals surface area (Å²) in [6.45, 7) is 4.37. The lowest BCUT2D eigenvalue weighted by Crippen LogP contribution is -2.36. The van der Waals surface area contributed by atoms with E-state index in [1.807, 2.05) is 18.2 Å². The van der Waals surface area contributed by atoms with E-state index in [1.54, 1.807) is 7.05 Å². The molecule has 5 heteroatoms. The van der Waals surface area contributed by atoms with Gasteiger partial charge in [0.25, 0.3) is 0 Å². The zero-order valence-corrected chi connectivity index (χ0v) is 16.5. The third kappa shape index (κ3) is 4.89. The summed E-state index contributed by atoms with van der Waals surface area (Å²) in [5.41, 5.74) is 4.63. The fraction of sp³-hybridized carbons (Fsp3) is 0.318. The Morgan fingerprint density at radius 3 is 2.30 bits per heavy atom. The molecule has 0 atom stereocenters. The van der Waals surface area contributed by atoms with Crippen LogP contribution in [0.3, 0.4) is 0 Å². The molecule has 5 nitrogen and oxygen atoms in total. The van der Waals surface area contributed by atoms with Crippen molar-refractivity contribution in [1.82, 2.24) is 15.5 Å². The highest BCUT2D eigenvalue weighted by molar-refractivity contribution is 5.82. The number of aryl methyl sites for hydroxylation is 1. The molecular formula is C22H28N4O. The first-order valence-corrected chi connectivity index (χ1v) is 9.21. The highest BCUT2D eigenvalue weighted by Gasteiger charge is 2.10. The Hall–Kier alpha value is -2.79. The standard InChI is InChI=1S/C22H28N4O/c1-16-19-7-5-6-8-20(19)27-21(16)14-25-22(23-2)24-13-17-9-11-18(12-10-17)15-26(3)4/h5-12H,13-15H2,1-4H3,(H2,23,24,25). The van der Waals surface area contributed by atoms with Crippen LogP contribution in [-0.4, -0.2) is 32.0 Å². The zero-order chi connectivity index (χ0) is 19.2. The van der Waals surface area contributed by atoms with Crippen LogP contribution in [-0.2, 0) is 19.6 Å². The van der Waals surface area contributed by atoms with Gasteiger partial charge in [-0.15, -0.1) is 0 Å². The molecule has 0 fully saturated rings. The average molecular weight is 364 g/mol. The second-order valence-corrected chi connectivity index (χ2v) is 6.98. The summed E-state index contributed by atoms with van der Waals surface area (Å²) < 4.78 is 5.95. The van der Waals surface area contributed by atoms with Crippen molar-refractivity contribution in [2.45, 2.75) is 26.6 Å². The Morgan fingerprint density at radius 1 is 0.963 bits per heavy atom. The van der Waals surface area contributed by atoms with Crippen molar-refractivity contribution in [2.24, 2.45) is 4.99 Å². The van der Waals surface area contributed by atoms with Gasteiger partial charge in [0.1, 0.15) is 11.3 Å². The minimum Gasteiger partial charge on any atom is -0.459 e. The molecule has 0 aliphatic heterocycles. The molecule has 0 aliphatic rings. The molecule has 2 aromatic carbocycles. The number of benzene rings is 2. The molecule has 27 heavy (non-hydrogen) atoms. The molecule has 0 spiro atoms. The Balaban J connectivity index is 1.55. The van der Waals surface area contributed by atoms with Crippen LogP contribution >= 0.6 is 0 Å². The Kier molecular flexibility index (Phi) is 6.14. The normalized spacial score (nSPS) is 12.0. The number of aliphatic imine (C=N–C) groups is 1. The van der Waals surface area contributed by atoms with E-state index in [1.165, 1.54) is 16.7 Å². The maximum absolute atomic E-state index is 5.95. The molecule has 0 bridgehead atoms. The van der Waals surface area contributed by atoms with E-state index >= 15 is 0 Å². The Morgan fingerprint density at radius 2 is 1.63 bits per heavy atom. The van der Waals surface area contributed by atoms with Gasteiger partial charge in [-0.2, -0.15) is 0 Å². The zero-order valence-electron chi connectivity index (χ0n) is 16.5. The molecule has 142 valence electrons. The van der Waals surface area contributed by atoms with Gasteiger partial charge in [0.2, 0.25) is 0 Å². The van der Waals surface area contributed by atoms with Gasteiger partial charge >= 0.3 is 0 Å². The number of rotatable bonds is 6. The quantitative estimate of drug-likeness (QED) is 0.518. The van der Waals surface area contributed by atoms with Crippen molar-refractivity contribution in [3.8, 4) is 0 Å². The summed E-state index contributed by atoms with van der Waals surface area (Å²) in [7, 11) is 5.94. The molecule has 1 heterocycles. The second-order valence-electron chi connectivity index (χ2n) is 6.98. The third-order valence-electron chi connectivity index (χ3n) is 4.56. The predicted molar refractivity (Wildman–Crippen MR) is 112 cm³/mol. The number of hydrogen-bond donors (Lipinski definition) is 2. The molecule has 2 N–H and O–H groups in total. The van der Waals surface area contributed by atoms with E-state index in [9.17, 15) is 0 Å². The van der Waals surface area contributed by atoms with Crippen LogP contribution in [0.1, 0.15) is 22.5 Å². The van der Waals surface area contributed by atoms with Crippen LogP contribution in [0.15, 0.2) is 57.9 Å². The molecule has 0 amide bonds. The smallest absolute Gasteiger partial charge is 0.191 e. The van der Waals surface area contributed by atoms with Crippen molar-refractivity contribution < 1.29 is 4.42 Å². The van der Waals surface area contributed by atoms with Crippen LogP contribution in [0.2, 0.25) is 0 Å². The van der Waals surface area contributed by atoms with E-state index < -0.39 is 0 Å². The fourth-order valence-electron chi connectivity index (χ4n) is 3.09. The van der Waals surface area contributed by atoms with Gasteiger partial charge in [-0.1, -0.05) is 42.5 Å².